The van der Waals surface area contributed by atoms with Crippen LogP contribution in [0.25, 0.3) is 39.1 Å². The second-order valence-corrected chi connectivity index (χ2v) is 24.5. The molecule has 448 valence electrons. The van der Waals surface area contributed by atoms with Crippen LogP contribution in [0.5, 0.6) is 23.0 Å². The van der Waals surface area contributed by atoms with E-state index in [0.717, 1.165) is 39.9 Å². The van der Waals surface area contributed by atoms with Crippen molar-refractivity contribution in [3.8, 4) is 45.3 Å². The molecule has 86 heavy (non-hydrogen) atoms. The van der Waals surface area contributed by atoms with Crippen LogP contribution in [-0.4, -0.2) is 45.4 Å². The molecule has 5 aliphatic rings. The van der Waals surface area contributed by atoms with E-state index in [1.807, 2.05) is 72.8 Å². The lowest BCUT2D eigenvalue weighted by atomic mass is 9.75. The Labute approximate surface area is 498 Å². The van der Waals surface area contributed by atoms with E-state index in [0.29, 0.717) is 80.2 Å². The van der Waals surface area contributed by atoms with Gasteiger partial charge in [0.05, 0.1) is 43.3 Å². The first kappa shape index (κ1) is 58.8. The van der Waals surface area contributed by atoms with Crippen LogP contribution in [0, 0.1) is 17.8 Å². The minimum absolute atomic E-state index is 0.0784. The number of fused-ring (bicyclic) bond motifs is 8. The standard InChI is InChI=1S/C72H71F6NO7/c1-5-6-8-11-44-14-16-45(17-15-44)46-18-20-47(21-19-46)48-26-32-55(33-27-48)84-67(80)49-22-24-50(25-23-49)68(81)85-62-42-57-58(43-61(62)82-4)66-56(65-63(57)59-40-53(71(73,74)75)41-60(72(76,77)78)64(59)69(65,2)3)34-35-70(86-66,51-12-9-7-10-13-51)52-28-30-54(31-29-52)79-36-38-83-39-37-79/h7,9-10,12-13,18-21,26-35,40-45,49-50H,5-6,8,11,14-17,22-25,36-39H2,1-4H3/t44-,45-,49-,50-,70?. The maximum atomic E-state index is 15.3. The number of alkyl halides is 6. The molecule has 3 aliphatic carbocycles. The normalized spacial score (nSPS) is 21.7. The maximum absolute atomic E-state index is 15.3. The van der Waals surface area contributed by atoms with Gasteiger partial charge in [-0.3, -0.25) is 9.59 Å². The van der Waals surface area contributed by atoms with E-state index in [1.54, 1.807) is 38.1 Å². The van der Waals surface area contributed by atoms with E-state index in [9.17, 15) is 22.8 Å². The molecule has 1 saturated heterocycles. The molecule has 14 heteroatoms. The summed E-state index contributed by atoms with van der Waals surface area (Å²) in [6.07, 6.45) is 4.99. The molecule has 8 nitrogen and oxygen atoms in total. The smallest absolute Gasteiger partial charge is 0.416 e. The fourth-order valence-corrected chi connectivity index (χ4v) is 14.3. The Morgan fingerprint density at radius 2 is 1.27 bits per heavy atom. The zero-order valence-corrected chi connectivity index (χ0v) is 49.0. The Morgan fingerprint density at radius 3 is 1.88 bits per heavy atom. The zero-order chi connectivity index (χ0) is 60.1. The quantitative estimate of drug-likeness (QED) is 0.0461. The van der Waals surface area contributed by atoms with Crippen molar-refractivity contribution in [2.75, 3.05) is 38.3 Å². The third-order valence-corrected chi connectivity index (χ3v) is 19.0. The molecule has 0 amide bonds. The molecule has 0 radical (unpaired) electrons. The molecule has 2 saturated carbocycles. The van der Waals surface area contributed by atoms with Crippen molar-refractivity contribution >= 4 is 34.5 Å². The number of methoxy groups -OCH3 is 1. The highest BCUT2D eigenvalue weighted by atomic mass is 19.4. The van der Waals surface area contributed by atoms with Gasteiger partial charge in [-0.25, -0.2) is 0 Å². The predicted octanol–water partition coefficient (Wildman–Crippen LogP) is 18.2. The van der Waals surface area contributed by atoms with Crippen LogP contribution in [-0.2, 0) is 37.7 Å². The molecular formula is C72H71F6NO7. The number of esters is 2. The molecule has 0 aromatic heterocycles. The summed E-state index contributed by atoms with van der Waals surface area (Å²) in [5.41, 5.74) is 0.465. The Morgan fingerprint density at radius 1 is 0.651 bits per heavy atom. The molecule has 2 aliphatic heterocycles. The van der Waals surface area contributed by atoms with E-state index < -0.39 is 58.3 Å². The van der Waals surface area contributed by atoms with Gasteiger partial charge >= 0.3 is 24.3 Å². The fourth-order valence-electron chi connectivity index (χ4n) is 14.3. The Balaban J connectivity index is 0.817. The summed E-state index contributed by atoms with van der Waals surface area (Å²) in [6.45, 7) is 8.03. The van der Waals surface area contributed by atoms with Gasteiger partial charge in [0.15, 0.2) is 17.1 Å². The number of hydrogen-bond acceptors (Lipinski definition) is 8. The van der Waals surface area contributed by atoms with E-state index in [4.69, 9.17) is 23.7 Å². The van der Waals surface area contributed by atoms with Crippen molar-refractivity contribution in [3.05, 3.63) is 178 Å². The highest BCUT2D eigenvalue weighted by Crippen LogP contribution is 2.62. The highest BCUT2D eigenvalue weighted by molar-refractivity contribution is 6.10. The van der Waals surface area contributed by atoms with Gasteiger partial charge < -0.3 is 28.6 Å². The van der Waals surface area contributed by atoms with Crippen molar-refractivity contribution in [2.45, 2.75) is 127 Å². The number of halogens is 6. The van der Waals surface area contributed by atoms with E-state index >= 15 is 13.2 Å². The number of anilines is 1. The summed E-state index contributed by atoms with van der Waals surface area (Å²) in [4.78, 5) is 30.2. The first-order valence-electron chi connectivity index (χ1n) is 30.4. The molecular weight excluding hydrogens is 1100 g/mol. The maximum Gasteiger partial charge on any atom is 0.416 e. The molecule has 2 heterocycles. The molecule has 1 unspecified atom stereocenters. The lowest BCUT2D eigenvalue weighted by molar-refractivity contribution is -0.145. The first-order valence-corrected chi connectivity index (χ1v) is 30.4. The van der Waals surface area contributed by atoms with Gasteiger partial charge in [-0.05, 0) is 162 Å². The van der Waals surface area contributed by atoms with Crippen molar-refractivity contribution in [1.82, 2.24) is 0 Å². The van der Waals surface area contributed by atoms with E-state index in [1.165, 1.54) is 70.1 Å². The summed E-state index contributed by atoms with van der Waals surface area (Å²) in [5.74, 6) is -0.0326. The zero-order valence-electron chi connectivity index (χ0n) is 49.0. The average Bonchev–Trinajstić information content (AvgIpc) is 1.49. The highest BCUT2D eigenvalue weighted by Gasteiger charge is 2.51. The van der Waals surface area contributed by atoms with Gasteiger partial charge in [0.25, 0.3) is 0 Å². The molecule has 1 atom stereocenters. The molecule has 7 aromatic rings. The predicted molar refractivity (Wildman–Crippen MR) is 322 cm³/mol. The van der Waals surface area contributed by atoms with Gasteiger partial charge in [-0.2, -0.15) is 26.3 Å². The van der Waals surface area contributed by atoms with E-state index in [-0.39, 0.29) is 45.4 Å². The van der Waals surface area contributed by atoms with Crippen LogP contribution < -0.4 is 23.8 Å². The number of unbranched alkanes of at least 4 members (excludes halogenated alkanes) is 2. The molecule has 0 bridgehead atoms. The monoisotopic (exact) mass is 1180 g/mol. The van der Waals surface area contributed by atoms with Crippen LogP contribution in [0.3, 0.4) is 0 Å². The van der Waals surface area contributed by atoms with Crippen LogP contribution in [0.2, 0.25) is 0 Å². The van der Waals surface area contributed by atoms with E-state index in [2.05, 4.69) is 36.1 Å². The van der Waals surface area contributed by atoms with Gasteiger partial charge in [0, 0.05) is 46.3 Å². The van der Waals surface area contributed by atoms with Crippen LogP contribution in [0.1, 0.15) is 148 Å². The molecule has 12 rings (SSSR count). The third kappa shape index (κ3) is 11.3. The van der Waals surface area contributed by atoms with Crippen molar-refractivity contribution < 1.29 is 59.6 Å². The summed E-state index contributed by atoms with van der Waals surface area (Å²) in [6, 6.07) is 37.8. The first-order chi connectivity index (χ1) is 41.3. The van der Waals surface area contributed by atoms with Crippen LogP contribution in [0.4, 0.5) is 32.0 Å². The minimum Gasteiger partial charge on any atom is -0.493 e. The number of morpholine rings is 1. The second kappa shape index (κ2) is 23.6. The molecule has 0 spiro atoms. The average molecular weight is 1180 g/mol. The number of carbonyl (C=O) groups excluding carboxylic acids is 2. The van der Waals surface area contributed by atoms with Gasteiger partial charge in [0.2, 0.25) is 0 Å². The topological polar surface area (TPSA) is 83.5 Å². The summed E-state index contributed by atoms with van der Waals surface area (Å²) in [7, 11) is 1.38. The largest absolute Gasteiger partial charge is 0.493 e. The van der Waals surface area contributed by atoms with Crippen LogP contribution in [0.15, 0.2) is 133 Å². The number of nitrogens with zero attached hydrogens (tertiary/aromatic N) is 1. The molecule has 7 aromatic carbocycles. The van der Waals surface area contributed by atoms with Crippen LogP contribution >= 0.6 is 0 Å². The SMILES string of the molecule is CCCCC[C@H]1CC[C@H](c2ccc(-c3ccc(OC(=O)[C@H]4CC[C@H](C(=O)Oc5cc6c7c(c8c(c6cc5OC)OC(c5ccccc5)(c5ccc(N6CCOCC6)cc5)C=C8)C(C)(C)c5c-7cc(C(F)(F)F)cc5C(F)(F)F)CC4)cc3)cc2)CC1. The second-order valence-electron chi connectivity index (χ2n) is 24.5. The van der Waals surface area contributed by atoms with Gasteiger partial charge in [-0.1, -0.05) is 131 Å². The number of ether oxygens (including phenoxy) is 5. The van der Waals surface area contributed by atoms with Gasteiger partial charge in [-0.15, -0.1) is 0 Å². The Kier molecular flexibility index (Phi) is 16.1. The number of carbonyl (C=O) groups is 2. The number of rotatable bonds is 14. The third-order valence-electron chi connectivity index (χ3n) is 19.0. The fraction of sp³-hybridized carbons (Fsp3) is 0.389. The Hall–Kier alpha value is -7.58. The van der Waals surface area contributed by atoms with Gasteiger partial charge in [0.1, 0.15) is 11.5 Å². The summed E-state index contributed by atoms with van der Waals surface area (Å²) in [5, 5.41) is 0.502. The molecule has 0 N–H and O–H groups in total. The summed E-state index contributed by atoms with van der Waals surface area (Å²) < 4.78 is 121. The lowest BCUT2D eigenvalue weighted by Gasteiger charge is -2.39. The summed E-state index contributed by atoms with van der Waals surface area (Å²) >= 11 is 0. The van der Waals surface area contributed by atoms with Crippen molar-refractivity contribution in [2.24, 2.45) is 17.8 Å². The number of hydrogen-bond donors (Lipinski definition) is 0. The lowest BCUT2D eigenvalue weighted by Crippen LogP contribution is -2.37. The minimum atomic E-state index is -5.17. The number of benzene rings is 7. The molecule has 3 fully saturated rings. The van der Waals surface area contributed by atoms with Crippen molar-refractivity contribution in [3.63, 3.8) is 0 Å². The van der Waals surface area contributed by atoms with Crippen molar-refractivity contribution in [1.29, 1.82) is 0 Å². The Bertz CT molecular complexity index is 3670.